The van der Waals surface area contributed by atoms with Crippen LogP contribution >= 0.6 is 0 Å². The molecule has 1 aromatic rings. The summed E-state index contributed by atoms with van der Waals surface area (Å²) in [5.74, 6) is 0.814. The topological polar surface area (TPSA) is 49.7 Å². The quantitative estimate of drug-likeness (QED) is 0.665. The van der Waals surface area contributed by atoms with Gasteiger partial charge in [-0.3, -0.25) is 0 Å². The molecule has 1 aromatic carbocycles. The first-order chi connectivity index (χ1) is 7.86. The monoisotopic (exact) mass is 224 g/mol. The van der Waals surface area contributed by atoms with Crippen molar-refractivity contribution in [1.29, 1.82) is 0 Å². The minimum Gasteiger partial charge on any atom is -0.494 e. The van der Waals surface area contributed by atoms with Gasteiger partial charge in [-0.2, -0.15) is 0 Å². The summed E-state index contributed by atoms with van der Waals surface area (Å²) in [5.41, 5.74) is 0.873. The summed E-state index contributed by atoms with van der Waals surface area (Å²) in [5, 5.41) is 17.6. The van der Waals surface area contributed by atoms with Gasteiger partial charge >= 0.3 is 0 Å². The van der Waals surface area contributed by atoms with Gasteiger partial charge in [0, 0.05) is 6.61 Å². The Kier molecular flexibility index (Phi) is 6.61. The molecule has 0 aromatic heterocycles. The second-order valence-electron chi connectivity index (χ2n) is 3.79. The molecule has 2 N–H and O–H groups in total. The van der Waals surface area contributed by atoms with Crippen LogP contribution in [0.5, 0.6) is 5.75 Å². The fraction of sp³-hybridized carbons (Fsp3) is 0.538. The van der Waals surface area contributed by atoms with Crippen molar-refractivity contribution in [3.8, 4) is 5.75 Å². The van der Waals surface area contributed by atoms with E-state index in [1.807, 2.05) is 24.3 Å². The van der Waals surface area contributed by atoms with Crippen LogP contribution in [0.15, 0.2) is 24.3 Å². The number of aliphatic hydroxyl groups is 2. The van der Waals surface area contributed by atoms with Crippen molar-refractivity contribution in [2.75, 3.05) is 13.2 Å². The van der Waals surface area contributed by atoms with Gasteiger partial charge in [-0.1, -0.05) is 18.6 Å². The van der Waals surface area contributed by atoms with Gasteiger partial charge in [0.05, 0.1) is 13.2 Å². The molecule has 0 unspecified atom stereocenters. The highest BCUT2D eigenvalue weighted by Crippen LogP contribution is 2.13. The van der Waals surface area contributed by atoms with Crippen molar-refractivity contribution in [3.05, 3.63) is 29.8 Å². The molecule has 3 heteroatoms. The molecule has 16 heavy (non-hydrogen) atoms. The van der Waals surface area contributed by atoms with Crippen molar-refractivity contribution < 1.29 is 14.9 Å². The Morgan fingerprint density at radius 2 is 1.81 bits per heavy atom. The van der Waals surface area contributed by atoms with Crippen LogP contribution in [0.2, 0.25) is 0 Å². The van der Waals surface area contributed by atoms with Gasteiger partial charge in [0.1, 0.15) is 5.75 Å². The predicted molar refractivity (Wildman–Crippen MR) is 63.4 cm³/mol. The van der Waals surface area contributed by atoms with Crippen molar-refractivity contribution in [2.45, 2.75) is 32.3 Å². The summed E-state index contributed by atoms with van der Waals surface area (Å²) >= 11 is 0. The first kappa shape index (κ1) is 13.0. The molecule has 0 spiro atoms. The molecular weight excluding hydrogens is 204 g/mol. The Bertz CT molecular complexity index is 286. The molecule has 0 atom stereocenters. The van der Waals surface area contributed by atoms with Gasteiger partial charge < -0.3 is 14.9 Å². The standard InChI is InChI=1S/C13H20O3/c14-8-3-1-2-4-9-16-13-7-5-6-12(10-13)11-15/h5-7,10,14-15H,1-4,8-9,11H2. The van der Waals surface area contributed by atoms with Gasteiger partial charge in [-0.25, -0.2) is 0 Å². The molecule has 90 valence electrons. The van der Waals surface area contributed by atoms with E-state index in [0.717, 1.165) is 37.0 Å². The number of benzene rings is 1. The van der Waals surface area contributed by atoms with Gasteiger partial charge in [0.15, 0.2) is 0 Å². The summed E-state index contributed by atoms with van der Waals surface area (Å²) in [6.07, 6.45) is 4.01. The van der Waals surface area contributed by atoms with Crippen LogP contribution in [0, 0.1) is 0 Å². The minimum atomic E-state index is 0.0493. The van der Waals surface area contributed by atoms with Crippen LogP contribution in [0.3, 0.4) is 0 Å². The Hall–Kier alpha value is -1.06. The van der Waals surface area contributed by atoms with E-state index in [-0.39, 0.29) is 13.2 Å². The number of hydrogen-bond acceptors (Lipinski definition) is 3. The molecule has 0 saturated heterocycles. The second-order valence-corrected chi connectivity index (χ2v) is 3.79. The Morgan fingerprint density at radius 3 is 2.56 bits per heavy atom. The van der Waals surface area contributed by atoms with Gasteiger partial charge in [-0.15, -0.1) is 0 Å². The highest BCUT2D eigenvalue weighted by atomic mass is 16.5. The Labute approximate surface area is 96.7 Å². The number of aliphatic hydroxyl groups excluding tert-OH is 2. The zero-order chi connectivity index (χ0) is 11.6. The SMILES string of the molecule is OCCCCCCOc1cccc(CO)c1. The maximum atomic E-state index is 8.95. The lowest BCUT2D eigenvalue weighted by atomic mass is 10.2. The maximum absolute atomic E-state index is 8.95. The first-order valence-electron chi connectivity index (χ1n) is 5.80. The van der Waals surface area contributed by atoms with Crippen LogP contribution in [0.25, 0.3) is 0 Å². The lowest BCUT2D eigenvalue weighted by Crippen LogP contribution is -1.98. The third kappa shape index (κ3) is 5.14. The molecule has 3 nitrogen and oxygen atoms in total. The summed E-state index contributed by atoms with van der Waals surface area (Å²) in [4.78, 5) is 0. The van der Waals surface area contributed by atoms with E-state index in [1.165, 1.54) is 0 Å². The fourth-order valence-electron chi connectivity index (χ4n) is 1.49. The Balaban J connectivity index is 2.16. The smallest absolute Gasteiger partial charge is 0.119 e. The molecule has 0 fully saturated rings. The molecule has 0 radical (unpaired) electrons. The third-order valence-electron chi connectivity index (χ3n) is 2.40. The number of ether oxygens (including phenoxy) is 1. The van der Waals surface area contributed by atoms with E-state index >= 15 is 0 Å². The number of rotatable bonds is 8. The summed E-state index contributed by atoms with van der Waals surface area (Å²) < 4.78 is 5.56. The van der Waals surface area contributed by atoms with Crippen LogP contribution in [0.4, 0.5) is 0 Å². The van der Waals surface area contributed by atoms with E-state index in [0.29, 0.717) is 6.61 Å². The predicted octanol–water partition coefficient (Wildman–Crippen LogP) is 2.11. The van der Waals surface area contributed by atoms with Crippen molar-refractivity contribution in [2.24, 2.45) is 0 Å². The average molecular weight is 224 g/mol. The van der Waals surface area contributed by atoms with E-state index < -0.39 is 0 Å². The number of hydrogen-bond donors (Lipinski definition) is 2. The first-order valence-corrected chi connectivity index (χ1v) is 5.80. The molecule has 0 saturated carbocycles. The zero-order valence-corrected chi connectivity index (χ0v) is 9.56. The lowest BCUT2D eigenvalue weighted by molar-refractivity contribution is 0.271. The summed E-state index contributed by atoms with van der Waals surface area (Å²) in [6.45, 7) is 1.02. The second kappa shape index (κ2) is 8.13. The molecular formula is C13H20O3. The highest BCUT2D eigenvalue weighted by Gasteiger charge is 1.96. The van der Waals surface area contributed by atoms with Crippen LogP contribution in [0.1, 0.15) is 31.2 Å². The molecule has 0 amide bonds. The number of unbranched alkanes of at least 4 members (excludes halogenated alkanes) is 3. The van der Waals surface area contributed by atoms with E-state index in [1.54, 1.807) is 0 Å². The van der Waals surface area contributed by atoms with E-state index in [4.69, 9.17) is 14.9 Å². The molecule has 0 bridgehead atoms. The third-order valence-corrected chi connectivity index (χ3v) is 2.40. The normalized spacial score (nSPS) is 10.4. The van der Waals surface area contributed by atoms with Crippen LogP contribution < -0.4 is 4.74 Å². The highest BCUT2D eigenvalue weighted by molar-refractivity contribution is 5.27. The van der Waals surface area contributed by atoms with Crippen LogP contribution in [-0.2, 0) is 6.61 Å². The minimum absolute atomic E-state index is 0.0493. The van der Waals surface area contributed by atoms with Crippen molar-refractivity contribution in [3.63, 3.8) is 0 Å². The van der Waals surface area contributed by atoms with E-state index in [2.05, 4.69) is 0 Å². The maximum Gasteiger partial charge on any atom is 0.119 e. The molecule has 1 rings (SSSR count). The lowest BCUT2D eigenvalue weighted by Gasteiger charge is -2.06. The van der Waals surface area contributed by atoms with Gasteiger partial charge in [-0.05, 0) is 37.0 Å². The molecule has 0 aliphatic carbocycles. The molecule has 0 heterocycles. The zero-order valence-electron chi connectivity index (χ0n) is 9.56. The van der Waals surface area contributed by atoms with E-state index in [9.17, 15) is 0 Å². The Morgan fingerprint density at radius 1 is 1.00 bits per heavy atom. The summed E-state index contributed by atoms with van der Waals surface area (Å²) in [7, 11) is 0. The molecule has 0 aliphatic rings. The molecule has 0 aliphatic heterocycles. The summed E-state index contributed by atoms with van der Waals surface area (Å²) in [6, 6.07) is 7.50. The average Bonchev–Trinajstić information content (AvgIpc) is 2.34. The van der Waals surface area contributed by atoms with Crippen LogP contribution in [-0.4, -0.2) is 23.4 Å². The van der Waals surface area contributed by atoms with Crippen molar-refractivity contribution in [1.82, 2.24) is 0 Å². The largest absolute Gasteiger partial charge is 0.494 e. The van der Waals surface area contributed by atoms with Gasteiger partial charge in [0.2, 0.25) is 0 Å². The fourth-order valence-corrected chi connectivity index (χ4v) is 1.49. The van der Waals surface area contributed by atoms with Crippen molar-refractivity contribution >= 4 is 0 Å². The van der Waals surface area contributed by atoms with Gasteiger partial charge in [0.25, 0.3) is 0 Å².